The Hall–Kier alpha value is -2.51. The topological polar surface area (TPSA) is 113 Å². The van der Waals surface area contributed by atoms with Crippen LogP contribution in [0, 0.1) is 35.5 Å². The SMILES string of the molecule is COC(=O)C1=CC2[C@H]3C(=O)OC(=O)[C@H]3C1[C@H]1C(=O)OC(=O)[C@@H]21. The molecule has 0 aromatic rings. The number of allylic oxidation sites excluding steroid dienone is 1. The minimum absolute atomic E-state index is 0.133. The lowest BCUT2D eigenvalue weighted by Gasteiger charge is -2.45. The average Bonchev–Trinajstić information content (AvgIpc) is 2.97. The number of rotatable bonds is 1. The second-order valence-corrected chi connectivity index (χ2v) is 5.80. The molecule has 2 aliphatic heterocycles. The highest BCUT2D eigenvalue weighted by Gasteiger charge is 2.70. The number of carbonyl (C=O) groups is 5. The Balaban J connectivity index is 1.91. The van der Waals surface area contributed by atoms with Crippen LogP contribution in [0.5, 0.6) is 0 Å². The van der Waals surface area contributed by atoms with Crippen LogP contribution in [0.3, 0.4) is 0 Å². The molecule has 0 amide bonds. The molecule has 8 nitrogen and oxygen atoms in total. The van der Waals surface area contributed by atoms with E-state index in [9.17, 15) is 24.0 Å². The Bertz CT molecular complexity index is 647. The zero-order chi connectivity index (χ0) is 15.8. The van der Waals surface area contributed by atoms with Crippen LogP contribution in [-0.2, 0) is 38.2 Å². The van der Waals surface area contributed by atoms with Crippen LogP contribution in [-0.4, -0.2) is 37.0 Å². The Morgan fingerprint density at radius 3 is 1.77 bits per heavy atom. The Kier molecular flexibility index (Phi) is 2.41. The normalized spacial score (nSPS) is 41.6. The lowest BCUT2D eigenvalue weighted by Crippen LogP contribution is -2.53. The number of cyclic esters (lactones) is 4. The summed E-state index contributed by atoms with van der Waals surface area (Å²) in [5.41, 5.74) is 0.133. The summed E-state index contributed by atoms with van der Waals surface area (Å²) < 4.78 is 14.0. The minimum atomic E-state index is -0.948. The van der Waals surface area contributed by atoms with E-state index in [1.165, 1.54) is 13.2 Å². The zero-order valence-corrected chi connectivity index (χ0v) is 11.3. The van der Waals surface area contributed by atoms with E-state index >= 15 is 0 Å². The summed E-state index contributed by atoms with van der Waals surface area (Å²) in [5, 5.41) is 0. The number of hydrogen-bond acceptors (Lipinski definition) is 8. The lowest BCUT2D eigenvalue weighted by molar-refractivity contribution is -0.154. The number of ether oxygens (including phenoxy) is 3. The van der Waals surface area contributed by atoms with E-state index < -0.39 is 65.4 Å². The predicted molar refractivity (Wildman–Crippen MR) is 63.2 cm³/mol. The highest BCUT2D eigenvalue weighted by atomic mass is 16.6. The molecule has 2 heterocycles. The van der Waals surface area contributed by atoms with Crippen LogP contribution in [0.15, 0.2) is 11.6 Å². The van der Waals surface area contributed by atoms with E-state index in [4.69, 9.17) is 0 Å². The molecule has 6 atom stereocenters. The van der Waals surface area contributed by atoms with Gasteiger partial charge in [0.05, 0.1) is 30.8 Å². The van der Waals surface area contributed by atoms with Gasteiger partial charge >= 0.3 is 29.8 Å². The van der Waals surface area contributed by atoms with Crippen molar-refractivity contribution < 1.29 is 38.2 Å². The van der Waals surface area contributed by atoms with Gasteiger partial charge in [-0.25, -0.2) is 4.79 Å². The monoisotopic (exact) mass is 306 g/mol. The summed E-state index contributed by atoms with van der Waals surface area (Å²) >= 11 is 0. The van der Waals surface area contributed by atoms with Crippen molar-refractivity contribution in [2.24, 2.45) is 35.5 Å². The summed E-state index contributed by atoms with van der Waals surface area (Å²) in [4.78, 5) is 59.7. The Morgan fingerprint density at radius 2 is 1.32 bits per heavy atom. The van der Waals surface area contributed by atoms with Gasteiger partial charge in [-0.15, -0.1) is 0 Å². The van der Waals surface area contributed by atoms with Crippen molar-refractivity contribution in [3.63, 3.8) is 0 Å². The Morgan fingerprint density at radius 1 is 0.864 bits per heavy atom. The first kappa shape index (κ1) is 13.2. The summed E-state index contributed by atoms with van der Waals surface area (Å²) in [6.07, 6.45) is 1.46. The van der Waals surface area contributed by atoms with Crippen molar-refractivity contribution in [1.29, 1.82) is 0 Å². The molecule has 5 rings (SSSR count). The fourth-order valence-corrected chi connectivity index (χ4v) is 4.27. The molecular formula is C14H10O8. The van der Waals surface area contributed by atoms with Crippen LogP contribution < -0.4 is 0 Å². The van der Waals surface area contributed by atoms with Crippen molar-refractivity contribution in [2.75, 3.05) is 7.11 Å². The largest absolute Gasteiger partial charge is 0.466 e. The second-order valence-electron chi connectivity index (χ2n) is 5.80. The second kappa shape index (κ2) is 4.02. The molecule has 5 aliphatic rings. The minimum Gasteiger partial charge on any atom is -0.466 e. The average molecular weight is 306 g/mol. The molecule has 0 N–H and O–H groups in total. The van der Waals surface area contributed by atoms with Crippen molar-refractivity contribution in [3.05, 3.63) is 11.6 Å². The molecule has 2 unspecified atom stereocenters. The fraction of sp³-hybridized carbons (Fsp3) is 0.500. The molecule has 3 aliphatic carbocycles. The summed E-state index contributed by atoms with van der Waals surface area (Å²) in [6.45, 7) is 0. The molecule has 0 aromatic heterocycles. The van der Waals surface area contributed by atoms with Crippen molar-refractivity contribution in [1.82, 2.24) is 0 Å². The van der Waals surface area contributed by atoms with Crippen LogP contribution in [0.2, 0.25) is 0 Å². The maximum Gasteiger partial charge on any atom is 0.333 e. The predicted octanol–water partition coefficient (Wildman–Crippen LogP) is -1.02. The summed E-state index contributed by atoms with van der Waals surface area (Å²) in [5.74, 6) is -8.99. The first-order valence-electron chi connectivity index (χ1n) is 6.76. The highest BCUT2D eigenvalue weighted by molar-refractivity contribution is 6.05. The smallest absolute Gasteiger partial charge is 0.333 e. The van der Waals surface area contributed by atoms with Gasteiger partial charge in [0.15, 0.2) is 0 Å². The first-order chi connectivity index (χ1) is 10.5. The van der Waals surface area contributed by atoms with Gasteiger partial charge in [0, 0.05) is 17.4 Å². The third-order valence-corrected chi connectivity index (χ3v) is 5.02. The van der Waals surface area contributed by atoms with Gasteiger partial charge in [-0.3, -0.25) is 19.2 Å². The van der Waals surface area contributed by atoms with Gasteiger partial charge < -0.3 is 14.2 Å². The van der Waals surface area contributed by atoms with Gasteiger partial charge in [0.2, 0.25) is 0 Å². The van der Waals surface area contributed by atoms with Crippen LogP contribution in [0.1, 0.15) is 0 Å². The molecule has 0 radical (unpaired) electrons. The zero-order valence-electron chi connectivity index (χ0n) is 11.3. The third kappa shape index (κ3) is 1.34. The quantitative estimate of drug-likeness (QED) is 0.343. The molecule has 3 fully saturated rings. The summed E-state index contributed by atoms with van der Waals surface area (Å²) in [7, 11) is 1.18. The fourth-order valence-electron chi connectivity index (χ4n) is 4.27. The van der Waals surface area contributed by atoms with Crippen molar-refractivity contribution >= 4 is 29.8 Å². The molecule has 22 heavy (non-hydrogen) atoms. The molecule has 0 spiro atoms. The van der Waals surface area contributed by atoms with Crippen LogP contribution >= 0.6 is 0 Å². The molecule has 2 saturated heterocycles. The van der Waals surface area contributed by atoms with E-state index in [0.717, 1.165) is 0 Å². The molecule has 114 valence electrons. The van der Waals surface area contributed by atoms with Crippen LogP contribution in [0.4, 0.5) is 0 Å². The van der Waals surface area contributed by atoms with Gasteiger partial charge in [-0.05, 0) is 0 Å². The molecule has 0 aromatic carbocycles. The molecular weight excluding hydrogens is 296 g/mol. The number of carbonyl (C=O) groups excluding carboxylic acids is 5. The summed E-state index contributed by atoms with van der Waals surface area (Å²) in [6, 6.07) is 0. The maximum atomic E-state index is 12.0. The van der Waals surface area contributed by atoms with Gasteiger partial charge in [-0.2, -0.15) is 0 Å². The first-order valence-corrected chi connectivity index (χ1v) is 6.76. The number of hydrogen-bond donors (Lipinski definition) is 0. The maximum absolute atomic E-state index is 12.0. The van der Waals surface area contributed by atoms with Crippen molar-refractivity contribution in [3.8, 4) is 0 Å². The van der Waals surface area contributed by atoms with Gasteiger partial charge in [0.25, 0.3) is 0 Å². The number of esters is 5. The molecule has 8 heteroatoms. The van der Waals surface area contributed by atoms with Gasteiger partial charge in [-0.1, -0.05) is 6.08 Å². The van der Waals surface area contributed by atoms with E-state index in [2.05, 4.69) is 14.2 Å². The van der Waals surface area contributed by atoms with Crippen LogP contribution in [0.25, 0.3) is 0 Å². The highest BCUT2D eigenvalue weighted by Crippen LogP contribution is 2.59. The van der Waals surface area contributed by atoms with E-state index in [1.807, 2.05) is 0 Å². The standard InChI is InChI=1S/C14H10O8/c1-20-10(15)4-2-3-6-8(13(18)21-11(6)16)5(4)9-7(3)12(17)22-14(9)19/h2-3,5-9H,1H3/t3?,5?,6-,7+,8+,9-. The van der Waals surface area contributed by atoms with Gasteiger partial charge in [0.1, 0.15) is 0 Å². The number of methoxy groups -OCH3 is 1. The molecule has 1 saturated carbocycles. The Labute approximate surface area is 123 Å². The van der Waals surface area contributed by atoms with E-state index in [-0.39, 0.29) is 5.57 Å². The van der Waals surface area contributed by atoms with E-state index in [0.29, 0.717) is 0 Å². The lowest BCUT2D eigenvalue weighted by atomic mass is 9.52. The van der Waals surface area contributed by atoms with E-state index in [1.54, 1.807) is 0 Å². The van der Waals surface area contributed by atoms with Crippen molar-refractivity contribution in [2.45, 2.75) is 0 Å². The molecule has 2 bridgehead atoms. The third-order valence-electron chi connectivity index (χ3n) is 5.02.